The Labute approximate surface area is 113 Å². The van der Waals surface area contributed by atoms with Crippen molar-refractivity contribution >= 4 is 0 Å². The molecule has 5 nitrogen and oxygen atoms in total. The lowest BCUT2D eigenvalue weighted by Gasteiger charge is -2.19. The van der Waals surface area contributed by atoms with Crippen molar-refractivity contribution in [2.45, 2.75) is 25.0 Å². The molecule has 1 aromatic rings. The highest BCUT2D eigenvalue weighted by atomic mass is 16.5. The monoisotopic (exact) mass is 267 g/mol. The van der Waals surface area contributed by atoms with Crippen LogP contribution in [-0.2, 0) is 0 Å². The Bertz CT molecular complexity index is 410. The summed E-state index contributed by atoms with van der Waals surface area (Å²) in [6.07, 6.45) is -0.369. The SMILES string of the molecule is CNCCC(O)C(O)c1ccc2c(c1)OCCCO2. The van der Waals surface area contributed by atoms with E-state index < -0.39 is 12.2 Å². The van der Waals surface area contributed by atoms with Crippen LogP contribution in [0.15, 0.2) is 18.2 Å². The maximum atomic E-state index is 10.1. The van der Waals surface area contributed by atoms with E-state index in [-0.39, 0.29) is 0 Å². The molecule has 1 aliphatic heterocycles. The van der Waals surface area contributed by atoms with Gasteiger partial charge in [0.25, 0.3) is 0 Å². The number of rotatable bonds is 5. The number of nitrogens with one attached hydrogen (secondary N) is 1. The van der Waals surface area contributed by atoms with Gasteiger partial charge < -0.3 is 25.0 Å². The van der Waals surface area contributed by atoms with Gasteiger partial charge in [-0.3, -0.25) is 0 Å². The molecule has 3 N–H and O–H groups in total. The molecule has 0 saturated carbocycles. The van der Waals surface area contributed by atoms with Gasteiger partial charge in [0, 0.05) is 6.42 Å². The first-order valence-electron chi connectivity index (χ1n) is 6.62. The maximum absolute atomic E-state index is 10.1. The van der Waals surface area contributed by atoms with Crippen molar-refractivity contribution in [1.29, 1.82) is 0 Å². The maximum Gasteiger partial charge on any atom is 0.161 e. The Morgan fingerprint density at radius 1 is 1.21 bits per heavy atom. The fourth-order valence-electron chi connectivity index (χ4n) is 2.04. The van der Waals surface area contributed by atoms with Gasteiger partial charge >= 0.3 is 0 Å². The van der Waals surface area contributed by atoms with Crippen molar-refractivity contribution < 1.29 is 19.7 Å². The molecular formula is C14H21NO4. The summed E-state index contributed by atoms with van der Waals surface area (Å²) >= 11 is 0. The topological polar surface area (TPSA) is 71.0 Å². The molecule has 0 saturated heterocycles. The Kier molecular flexibility index (Phi) is 5.01. The van der Waals surface area contributed by atoms with Crippen molar-refractivity contribution in [1.82, 2.24) is 5.32 Å². The second-order valence-electron chi connectivity index (χ2n) is 4.66. The normalized spacial score (nSPS) is 17.6. The lowest BCUT2D eigenvalue weighted by atomic mass is 10.0. The third-order valence-corrected chi connectivity index (χ3v) is 3.17. The summed E-state index contributed by atoms with van der Waals surface area (Å²) in [6, 6.07) is 5.29. The van der Waals surface area contributed by atoms with E-state index in [4.69, 9.17) is 9.47 Å². The van der Waals surface area contributed by atoms with E-state index in [1.165, 1.54) is 0 Å². The molecule has 2 unspecified atom stereocenters. The highest BCUT2D eigenvalue weighted by molar-refractivity contribution is 5.44. The molecule has 2 atom stereocenters. The zero-order chi connectivity index (χ0) is 13.7. The average Bonchev–Trinajstić information content (AvgIpc) is 2.68. The number of aliphatic hydroxyl groups is 2. The highest BCUT2D eigenvalue weighted by Gasteiger charge is 2.20. The molecule has 0 amide bonds. The van der Waals surface area contributed by atoms with Crippen LogP contribution < -0.4 is 14.8 Å². The Hall–Kier alpha value is -1.30. The van der Waals surface area contributed by atoms with Crippen molar-refractivity contribution in [3.05, 3.63) is 23.8 Å². The summed E-state index contributed by atoms with van der Waals surface area (Å²) in [5.41, 5.74) is 0.646. The molecular weight excluding hydrogens is 246 g/mol. The standard InChI is InChI=1S/C14H21NO4/c1-15-6-5-11(16)14(17)10-3-4-12-13(9-10)19-8-2-7-18-12/h3-4,9,11,14-17H,2,5-8H2,1H3. The van der Waals surface area contributed by atoms with Gasteiger partial charge in [0.05, 0.1) is 19.3 Å². The van der Waals surface area contributed by atoms with Gasteiger partial charge in [-0.2, -0.15) is 0 Å². The minimum absolute atomic E-state index is 0.492. The van der Waals surface area contributed by atoms with Gasteiger partial charge in [-0.25, -0.2) is 0 Å². The molecule has 5 heteroatoms. The molecule has 106 valence electrons. The number of hydrogen-bond acceptors (Lipinski definition) is 5. The minimum Gasteiger partial charge on any atom is -0.490 e. The summed E-state index contributed by atoms with van der Waals surface area (Å²) in [4.78, 5) is 0. The van der Waals surface area contributed by atoms with Crippen LogP contribution in [0.1, 0.15) is 24.5 Å². The molecule has 0 radical (unpaired) electrons. The molecule has 2 rings (SSSR count). The van der Waals surface area contributed by atoms with Crippen LogP contribution in [-0.4, -0.2) is 43.1 Å². The number of aliphatic hydroxyl groups excluding tert-OH is 2. The Morgan fingerprint density at radius 2 is 1.95 bits per heavy atom. The molecule has 1 heterocycles. The Balaban J connectivity index is 2.09. The van der Waals surface area contributed by atoms with Gasteiger partial charge in [0.1, 0.15) is 6.10 Å². The minimum atomic E-state index is -0.912. The van der Waals surface area contributed by atoms with Crippen LogP contribution in [0.4, 0.5) is 0 Å². The lowest BCUT2D eigenvalue weighted by Crippen LogP contribution is -2.23. The molecule has 1 aliphatic rings. The lowest BCUT2D eigenvalue weighted by molar-refractivity contribution is 0.0139. The van der Waals surface area contributed by atoms with Crippen LogP contribution >= 0.6 is 0 Å². The number of benzene rings is 1. The first-order chi connectivity index (χ1) is 9.22. The van der Waals surface area contributed by atoms with Gasteiger partial charge in [0.2, 0.25) is 0 Å². The van der Waals surface area contributed by atoms with E-state index in [0.717, 1.165) is 6.42 Å². The molecule has 0 aromatic heterocycles. The first kappa shape index (κ1) is 14.1. The second kappa shape index (κ2) is 6.75. The molecule has 1 aromatic carbocycles. The van der Waals surface area contributed by atoms with Gasteiger partial charge in [-0.15, -0.1) is 0 Å². The van der Waals surface area contributed by atoms with Crippen LogP contribution in [0, 0.1) is 0 Å². The smallest absolute Gasteiger partial charge is 0.161 e. The molecule has 0 bridgehead atoms. The molecule has 19 heavy (non-hydrogen) atoms. The fraction of sp³-hybridized carbons (Fsp3) is 0.571. The summed E-state index contributed by atoms with van der Waals surface area (Å²) in [6.45, 7) is 1.90. The van der Waals surface area contributed by atoms with Gasteiger partial charge in [-0.1, -0.05) is 6.07 Å². The van der Waals surface area contributed by atoms with E-state index >= 15 is 0 Å². The number of hydrogen-bond donors (Lipinski definition) is 3. The third-order valence-electron chi connectivity index (χ3n) is 3.17. The van der Waals surface area contributed by atoms with E-state index in [2.05, 4.69) is 5.32 Å². The average molecular weight is 267 g/mol. The van der Waals surface area contributed by atoms with Crippen molar-refractivity contribution in [2.24, 2.45) is 0 Å². The zero-order valence-corrected chi connectivity index (χ0v) is 11.1. The third kappa shape index (κ3) is 3.59. The van der Waals surface area contributed by atoms with Crippen molar-refractivity contribution in [3.8, 4) is 11.5 Å². The van der Waals surface area contributed by atoms with Crippen LogP contribution in [0.5, 0.6) is 11.5 Å². The summed E-state index contributed by atoms with van der Waals surface area (Å²) < 4.78 is 11.1. The van der Waals surface area contributed by atoms with Gasteiger partial charge in [-0.05, 0) is 37.7 Å². The van der Waals surface area contributed by atoms with Crippen molar-refractivity contribution in [2.75, 3.05) is 26.8 Å². The van der Waals surface area contributed by atoms with E-state index in [9.17, 15) is 10.2 Å². The number of fused-ring (bicyclic) bond motifs is 1. The summed E-state index contributed by atoms with van der Waals surface area (Å²) in [5, 5.41) is 23.0. The largest absolute Gasteiger partial charge is 0.490 e. The van der Waals surface area contributed by atoms with E-state index in [1.54, 1.807) is 18.2 Å². The van der Waals surface area contributed by atoms with E-state index in [0.29, 0.717) is 43.2 Å². The highest BCUT2D eigenvalue weighted by Crippen LogP contribution is 2.33. The summed E-state index contributed by atoms with van der Waals surface area (Å²) in [5.74, 6) is 1.33. The number of ether oxygens (including phenoxy) is 2. The first-order valence-corrected chi connectivity index (χ1v) is 6.62. The predicted molar refractivity (Wildman–Crippen MR) is 71.6 cm³/mol. The van der Waals surface area contributed by atoms with Crippen LogP contribution in [0.2, 0.25) is 0 Å². The van der Waals surface area contributed by atoms with Crippen LogP contribution in [0.25, 0.3) is 0 Å². The van der Waals surface area contributed by atoms with Gasteiger partial charge in [0.15, 0.2) is 11.5 Å². The second-order valence-corrected chi connectivity index (χ2v) is 4.66. The van der Waals surface area contributed by atoms with Crippen LogP contribution in [0.3, 0.4) is 0 Å². The molecule has 0 fully saturated rings. The zero-order valence-electron chi connectivity index (χ0n) is 11.1. The van der Waals surface area contributed by atoms with E-state index in [1.807, 2.05) is 7.05 Å². The Morgan fingerprint density at radius 3 is 2.68 bits per heavy atom. The summed E-state index contributed by atoms with van der Waals surface area (Å²) in [7, 11) is 1.81. The predicted octanol–water partition coefficient (Wildman–Crippen LogP) is 0.852. The van der Waals surface area contributed by atoms with Crippen molar-refractivity contribution in [3.63, 3.8) is 0 Å². The fourth-order valence-corrected chi connectivity index (χ4v) is 2.04. The quantitative estimate of drug-likeness (QED) is 0.738. The molecule has 0 aliphatic carbocycles. The molecule has 0 spiro atoms.